The summed E-state index contributed by atoms with van der Waals surface area (Å²) >= 11 is 0. The summed E-state index contributed by atoms with van der Waals surface area (Å²) in [7, 11) is 0. The van der Waals surface area contributed by atoms with E-state index in [1.807, 2.05) is 0 Å². The molecule has 0 aromatic rings. The Balaban J connectivity index is 2.64. The molecule has 1 fully saturated rings. The van der Waals surface area contributed by atoms with Gasteiger partial charge >= 0.3 is 23.9 Å². The summed E-state index contributed by atoms with van der Waals surface area (Å²) < 4.78 is 28.4. The van der Waals surface area contributed by atoms with Gasteiger partial charge in [0.25, 0.3) is 0 Å². The van der Waals surface area contributed by atoms with E-state index in [2.05, 4.69) is 93.7 Å². The van der Waals surface area contributed by atoms with Crippen LogP contribution in [0.1, 0.15) is 252 Å². The smallest absolute Gasteiger partial charge is 0.335 e. The first-order chi connectivity index (χ1) is 36.6. The number of carboxylic acids is 1. The fourth-order valence-electron chi connectivity index (χ4n) is 8.68. The predicted octanol–water partition coefficient (Wildman–Crippen LogP) is 15.3. The molecular formula is C63H106O12. The van der Waals surface area contributed by atoms with Gasteiger partial charge < -0.3 is 39.0 Å². The van der Waals surface area contributed by atoms with Crippen molar-refractivity contribution in [1.29, 1.82) is 0 Å². The summed E-state index contributed by atoms with van der Waals surface area (Å²) in [6.45, 7) is 5.82. The monoisotopic (exact) mass is 1050 g/mol. The third-order valence-corrected chi connectivity index (χ3v) is 13.3. The van der Waals surface area contributed by atoms with Crippen molar-refractivity contribution in [3.05, 3.63) is 72.9 Å². The van der Waals surface area contributed by atoms with Gasteiger partial charge in [0.15, 0.2) is 24.6 Å². The van der Waals surface area contributed by atoms with E-state index < -0.39 is 67.3 Å². The fraction of sp³-hybridized carbons (Fsp3) is 0.746. The highest BCUT2D eigenvalue weighted by Crippen LogP contribution is 2.26. The number of rotatable bonds is 50. The van der Waals surface area contributed by atoms with E-state index in [-0.39, 0.29) is 25.9 Å². The highest BCUT2D eigenvalue weighted by Gasteiger charge is 2.50. The van der Waals surface area contributed by atoms with Gasteiger partial charge in [0.1, 0.15) is 18.8 Å². The quantitative estimate of drug-likeness (QED) is 0.0228. The molecule has 0 saturated carbocycles. The Hall–Kier alpha value is -3.84. The van der Waals surface area contributed by atoms with Crippen molar-refractivity contribution in [2.24, 2.45) is 0 Å². The molecule has 1 aliphatic rings. The van der Waals surface area contributed by atoms with Crippen LogP contribution in [0.5, 0.6) is 0 Å². The number of carboxylic acid groups (broad SMARTS) is 1. The maximum atomic E-state index is 13.1. The molecule has 1 saturated heterocycles. The Morgan fingerprint density at radius 2 is 0.840 bits per heavy atom. The van der Waals surface area contributed by atoms with Crippen LogP contribution in [0.15, 0.2) is 72.9 Å². The summed E-state index contributed by atoms with van der Waals surface area (Å²) in [5.41, 5.74) is 0. The van der Waals surface area contributed by atoms with Crippen molar-refractivity contribution in [2.45, 2.75) is 289 Å². The molecule has 0 aromatic heterocycles. The molecule has 1 aliphatic heterocycles. The van der Waals surface area contributed by atoms with E-state index in [0.717, 1.165) is 103 Å². The summed E-state index contributed by atoms with van der Waals surface area (Å²) in [6.07, 6.45) is 51.6. The lowest BCUT2D eigenvalue weighted by Crippen LogP contribution is -2.61. The molecule has 12 heteroatoms. The van der Waals surface area contributed by atoms with E-state index in [1.165, 1.54) is 89.9 Å². The highest BCUT2D eigenvalue weighted by atomic mass is 16.7. The summed E-state index contributed by atoms with van der Waals surface area (Å²) in [5, 5.41) is 31.4. The second-order valence-corrected chi connectivity index (χ2v) is 20.3. The van der Waals surface area contributed by atoms with Gasteiger partial charge in [-0.05, 0) is 89.9 Å². The van der Waals surface area contributed by atoms with Crippen molar-refractivity contribution >= 4 is 23.9 Å². The topological polar surface area (TPSA) is 175 Å². The van der Waals surface area contributed by atoms with Crippen molar-refractivity contribution in [2.75, 3.05) is 13.2 Å². The summed E-state index contributed by atoms with van der Waals surface area (Å²) in [4.78, 5) is 51.0. The molecule has 1 rings (SSSR count). The fourth-order valence-corrected chi connectivity index (χ4v) is 8.68. The van der Waals surface area contributed by atoms with E-state index in [1.54, 1.807) is 0 Å². The van der Waals surface area contributed by atoms with Crippen LogP contribution in [0.3, 0.4) is 0 Å². The zero-order valence-electron chi connectivity index (χ0n) is 47.3. The SMILES string of the molecule is CC/C=C\C/C=C\C/C=C\C/C=C\CCCCCCC(=O)OC1C(OCC(COC(=O)CCCCCCCCCCC/C=C\C/C=C\CCCCC)OC(=O)CCCCCCCCCCC)OC(C(=O)O)C(O)C1O. The molecule has 6 unspecified atom stereocenters. The molecule has 0 radical (unpaired) electrons. The summed E-state index contributed by atoms with van der Waals surface area (Å²) in [5.74, 6) is -3.15. The van der Waals surface area contributed by atoms with Crippen LogP contribution in [-0.4, -0.2) is 89.2 Å². The largest absolute Gasteiger partial charge is 0.479 e. The standard InChI is InChI=1S/C63H106O12/c1-4-7-10-13-16-19-21-23-25-27-28-30-31-33-35-38-40-43-46-49-55(64)71-52-54(73-56(65)50-47-44-41-37-18-15-12-9-6-3)53-72-63-61(59(68)58(67)60(75-63)62(69)70)74-57(66)51-48-45-42-39-36-34-32-29-26-24-22-20-17-14-11-8-5-2/h8,11,16-17,19-20,23-26,32,34,54,58-61,63,67-68H,4-7,9-10,12-15,18,21-22,27-31,33,35-53H2,1-3H3,(H,69,70)/b11-8-,19-16-,20-17-,25-23-,26-24-,34-32-. The lowest BCUT2D eigenvalue weighted by molar-refractivity contribution is -0.301. The number of ether oxygens (including phenoxy) is 5. The number of hydrogen-bond acceptors (Lipinski definition) is 11. The first kappa shape index (κ1) is 69.2. The van der Waals surface area contributed by atoms with Gasteiger partial charge in [-0.25, -0.2) is 4.79 Å². The van der Waals surface area contributed by atoms with E-state index in [9.17, 15) is 34.5 Å². The average Bonchev–Trinajstić information content (AvgIpc) is 3.39. The first-order valence-corrected chi connectivity index (χ1v) is 29.9. The van der Waals surface area contributed by atoms with Crippen LogP contribution in [0.25, 0.3) is 0 Å². The van der Waals surface area contributed by atoms with Gasteiger partial charge in [0.05, 0.1) is 6.61 Å². The number of aliphatic carboxylic acids is 1. The van der Waals surface area contributed by atoms with Gasteiger partial charge in [0, 0.05) is 19.3 Å². The Bertz CT molecular complexity index is 1580. The zero-order chi connectivity index (χ0) is 54.7. The maximum absolute atomic E-state index is 13.1. The molecule has 75 heavy (non-hydrogen) atoms. The summed E-state index contributed by atoms with van der Waals surface area (Å²) in [6, 6.07) is 0. The van der Waals surface area contributed by atoms with Crippen LogP contribution in [-0.2, 0) is 42.9 Å². The molecule has 1 heterocycles. The molecule has 0 spiro atoms. The number of unbranched alkanes of at least 4 members (excludes halogenated alkanes) is 24. The minimum Gasteiger partial charge on any atom is -0.479 e. The molecule has 430 valence electrons. The number of carbonyl (C=O) groups is 4. The number of aliphatic hydroxyl groups is 2. The molecule has 12 nitrogen and oxygen atoms in total. The number of allylic oxidation sites excluding steroid dienone is 12. The Morgan fingerprint density at radius 1 is 0.453 bits per heavy atom. The minimum atomic E-state index is -1.91. The number of hydrogen-bond donors (Lipinski definition) is 3. The van der Waals surface area contributed by atoms with Crippen molar-refractivity contribution in [3.8, 4) is 0 Å². The van der Waals surface area contributed by atoms with Gasteiger partial charge in [-0.15, -0.1) is 0 Å². The molecule has 0 amide bonds. The second kappa shape index (κ2) is 50.9. The Kier molecular flexibility index (Phi) is 47.0. The number of carbonyl (C=O) groups excluding carboxylic acids is 3. The zero-order valence-corrected chi connectivity index (χ0v) is 47.3. The molecule has 0 bridgehead atoms. The second-order valence-electron chi connectivity index (χ2n) is 20.3. The van der Waals surface area contributed by atoms with Crippen LogP contribution >= 0.6 is 0 Å². The maximum Gasteiger partial charge on any atom is 0.335 e. The van der Waals surface area contributed by atoms with Crippen molar-refractivity contribution < 1.29 is 58.2 Å². The highest BCUT2D eigenvalue weighted by molar-refractivity contribution is 5.74. The van der Waals surface area contributed by atoms with E-state index in [4.69, 9.17) is 23.7 Å². The number of esters is 3. The molecule has 0 aliphatic carbocycles. The average molecular weight is 1060 g/mol. The van der Waals surface area contributed by atoms with E-state index in [0.29, 0.717) is 19.3 Å². The molecule has 3 N–H and O–H groups in total. The van der Waals surface area contributed by atoms with E-state index >= 15 is 0 Å². The number of aliphatic hydroxyl groups excluding tert-OH is 2. The normalized spacial score (nSPS) is 18.7. The first-order valence-electron chi connectivity index (χ1n) is 29.9. The van der Waals surface area contributed by atoms with Gasteiger partial charge in [-0.2, -0.15) is 0 Å². The van der Waals surface area contributed by atoms with Gasteiger partial charge in [0.2, 0.25) is 0 Å². The Labute approximate surface area is 455 Å². The third kappa shape index (κ3) is 41.0. The van der Waals surface area contributed by atoms with Crippen LogP contribution in [0.2, 0.25) is 0 Å². The van der Waals surface area contributed by atoms with Gasteiger partial charge in [-0.1, -0.05) is 216 Å². The van der Waals surface area contributed by atoms with Crippen molar-refractivity contribution in [3.63, 3.8) is 0 Å². The van der Waals surface area contributed by atoms with Gasteiger partial charge in [-0.3, -0.25) is 14.4 Å². The minimum absolute atomic E-state index is 0.0314. The Morgan fingerprint density at radius 3 is 1.31 bits per heavy atom. The lowest BCUT2D eigenvalue weighted by atomic mass is 9.98. The molecule has 0 aromatic carbocycles. The van der Waals surface area contributed by atoms with Crippen LogP contribution in [0.4, 0.5) is 0 Å². The molecular weight excluding hydrogens is 949 g/mol. The van der Waals surface area contributed by atoms with Crippen molar-refractivity contribution in [1.82, 2.24) is 0 Å². The van der Waals surface area contributed by atoms with Crippen LogP contribution < -0.4 is 0 Å². The molecule has 6 atom stereocenters. The van der Waals surface area contributed by atoms with Crippen LogP contribution in [0, 0.1) is 0 Å². The predicted molar refractivity (Wildman–Crippen MR) is 303 cm³/mol. The third-order valence-electron chi connectivity index (χ3n) is 13.3. The lowest BCUT2D eigenvalue weighted by Gasteiger charge is -2.40.